The van der Waals surface area contributed by atoms with Crippen LogP contribution in [0.3, 0.4) is 0 Å². The van der Waals surface area contributed by atoms with Gasteiger partial charge in [-0.3, -0.25) is 9.59 Å². The van der Waals surface area contributed by atoms with Crippen LogP contribution in [0.2, 0.25) is 0 Å². The van der Waals surface area contributed by atoms with E-state index in [1.807, 2.05) is 13.0 Å². The first-order chi connectivity index (χ1) is 11.5. The fourth-order valence-electron chi connectivity index (χ4n) is 2.27. The lowest BCUT2D eigenvalue weighted by molar-refractivity contribution is -0.140. The van der Waals surface area contributed by atoms with E-state index in [-0.39, 0.29) is 17.7 Å². The number of rotatable bonds is 7. The molecule has 1 heterocycles. The van der Waals surface area contributed by atoms with Crippen molar-refractivity contribution in [3.63, 3.8) is 0 Å². The molecule has 0 fully saturated rings. The van der Waals surface area contributed by atoms with Crippen molar-refractivity contribution in [2.45, 2.75) is 26.2 Å². The summed E-state index contributed by atoms with van der Waals surface area (Å²) in [4.78, 5) is 24.8. The van der Waals surface area contributed by atoms with Gasteiger partial charge in [0.25, 0.3) is 5.91 Å². The monoisotopic (exact) mass is 349 g/mol. The van der Waals surface area contributed by atoms with Crippen LogP contribution < -0.4 is 5.32 Å². The van der Waals surface area contributed by atoms with Crippen LogP contribution in [0, 0.1) is 12.7 Å². The van der Waals surface area contributed by atoms with Crippen LogP contribution in [0.25, 0.3) is 10.4 Å². The second-order valence-corrected chi connectivity index (χ2v) is 6.47. The summed E-state index contributed by atoms with van der Waals surface area (Å²) in [5.41, 5.74) is 1.89. The van der Waals surface area contributed by atoms with Crippen LogP contribution in [0.15, 0.2) is 30.3 Å². The maximum absolute atomic E-state index is 13.0. The Bertz CT molecular complexity index is 710. The zero-order valence-electron chi connectivity index (χ0n) is 13.7. The van der Waals surface area contributed by atoms with Gasteiger partial charge in [-0.2, -0.15) is 0 Å². The number of nitrogens with one attached hydrogen (secondary N) is 1. The zero-order chi connectivity index (χ0) is 17.5. The topological polar surface area (TPSA) is 55.4 Å². The Kier molecular flexibility index (Phi) is 6.49. The third-order valence-electron chi connectivity index (χ3n) is 3.57. The largest absolute Gasteiger partial charge is 0.469 e. The molecule has 128 valence electrons. The maximum Gasteiger partial charge on any atom is 0.305 e. The van der Waals surface area contributed by atoms with Crippen LogP contribution in [0.1, 0.15) is 34.5 Å². The summed E-state index contributed by atoms with van der Waals surface area (Å²) in [5.74, 6) is -0.647. The van der Waals surface area contributed by atoms with Gasteiger partial charge in [-0.25, -0.2) is 4.39 Å². The summed E-state index contributed by atoms with van der Waals surface area (Å²) >= 11 is 1.39. The number of thiophene rings is 1. The lowest BCUT2D eigenvalue weighted by atomic mass is 10.1. The van der Waals surface area contributed by atoms with Crippen molar-refractivity contribution in [1.29, 1.82) is 0 Å². The number of amides is 1. The fraction of sp³-hybridized carbons (Fsp3) is 0.333. The lowest BCUT2D eigenvalue weighted by Gasteiger charge is -2.03. The van der Waals surface area contributed by atoms with E-state index >= 15 is 0 Å². The molecule has 0 aliphatic heterocycles. The standard InChI is InChI=1S/C18H20FNO3S/c1-12-11-15(18(22)20-10-4-3-5-16(21)23-2)24-17(12)13-6-8-14(19)9-7-13/h6-9,11H,3-5,10H2,1-2H3,(H,20,22). The number of ether oxygens (including phenoxy) is 1. The minimum Gasteiger partial charge on any atom is -0.469 e. The number of unbranched alkanes of at least 4 members (excludes halogenated alkanes) is 1. The number of hydrogen-bond donors (Lipinski definition) is 1. The van der Waals surface area contributed by atoms with Gasteiger partial charge < -0.3 is 10.1 Å². The maximum atomic E-state index is 13.0. The normalized spacial score (nSPS) is 10.5. The van der Waals surface area contributed by atoms with Gasteiger partial charge in [-0.1, -0.05) is 12.1 Å². The van der Waals surface area contributed by atoms with E-state index < -0.39 is 0 Å². The molecule has 0 aliphatic carbocycles. The van der Waals surface area contributed by atoms with Crippen LogP contribution in [-0.2, 0) is 9.53 Å². The highest BCUT2D eigenvalue weighted by atomic mass is 32.1. The highest BCUT2D eigenvalue weighted by molar-refractivity contribution is 7.17. The average Bonchev–Trinajstić information content (AvgIpc) is 2.96. The Balaban J connectivity index is 1.90. The molecule has 24 heavy (non-hydrogen) atoms. The van der Waals surface area contributed by atoms with E-state index in [9.17, 15) is 14.0 Å². The lowest BCUT2D eigenvalue weighted by Crippen LogP contribution is -2.23. The molecule has 1 aromatic heterocycles. The van der Waals surface area contributed by atoms with Crippen molar-refractivity contribution in [3.8, 4) is 10.4 Å². The first kappa shape index (κ1) is 18.1. The van der Waals surface area contributed by atoms with Crippen molar-refractivity contribution >= 4 is 23.2 Å². The van der Waals surface area contributed by atoms with Gasteiger partial charge in [-0.15, -0.1) is 11.3 Å². The SMILES string of the molecule is COC(=O)CCCCNC(=O)c1cc(C)c(-c2ccc(F)cc2)s1. The number of aryl methyl sites for hydroxylation is 1. The number of hydrogen-bond acceptors (Lipinski definition) is 4. The first-order valence-electron chi connectivity index (χ1n) is 7.72. The Hall–Kier alpha value is -2.21. The Morgan fingerprint density at radius 2 is 1.92 bits per heavy atom. The van der Waals surface area contributed by atoms with Crippen molar-refractivity contribution < 1.29 is 18.7 Å². The summed E-state index contributed by atoms with van der Waals surface area (Å²) in [6.45, 7) is 2.45. The van der Waals surface area contributed by atoms with Gasteiger partial charge >= 0.3 is 5.97 Å². The molecule has 0 saturated carbocycles. The Labute approximate surface area is 144 Å². The number of halogens is 1. The second-order valence-electron chi connectivity index (χ2n) is 5.42. The van der Waals surface area contributed by atoms with E-state index in [0.29, 0.717) is 24.3 Å². The molecule has 0 saturated heterocycles. The molecule has 6 heteroatoms. The van der Waals surface area contributed by atoms with Crippen molar-refractivity contribution in [1.82, 2.24) is 5.32 Å². The van der Waals surface area contributed by atoms with E-state index in [0.717, 1.165) is 22.4 Å². The molecule has 1 amide bonds. The van der Waals surface area contributed by atoms with Gasteiger partial charge in [0.1, 0.15) is 5.82 Å². The smallest absolute Gasteiger partial charge is 0.305 e. The van der Waals surface area contributed by atoms with Crippen LogP contribution in [0.4, 0.5) is 4.39 Å². The number of carbonyl (C=O) groups is 2. The van der Waals surface area contributed by atoms with Gasteiger partial charge in [-0.05, 0) is 49.1 Å². The summed E-state index contributed by atoms with van der Waals surface area (Å²) in [6, 6.07) is 8.09. The average molecular weight is 349 g/mol. The van der Waals surface area contributed by atoms with Crippen LogP contribution >= 0.6 is 11.3 Å². The summed E-state index contributed by atoms with van der Waals surface area (Å²) in [5, 5.41) is 2.85. The minimum absolute atomic E-state index is 0.130. The molecule has 2 rings (SSSR count). The molecular formula is C18H20FNO3S. The molecule has 0 spiro atoms. The van der Waals surface area contributed by atoms with Crippen molar-refractivity contribution in [2.75, 3.05) is 13.7 Å². The Morgan fingerprint density at radius 1 is 1.21 bits per heavy atom. The molecule has 4 nitrogen and oxygen atoms in total. The zero-order valence-corrected chi connectivity index (χ0v) is 14.5. The van der Waals surface area contributed by atoms with Gasteiger partial charge in [0.15, 0.2) is 0 Å². The van der Waals surface area contributed by atoms with Crippen LogP contribution in [-0.4, -0.2) is 25.5 Å². The predicted octanol–water partition coefficient (Wildman–Crippen LogP) is 3.94. The summed E-state index contributed by atoms with van der Waals surface area (Å²) in [7, 11) is 1.36. The molecule has 2 aromatic rings. The van der Waals surface area contributed by atoms with E-state index in [1.165, 1.54) is 30.6 Å². The van der Waals surface area contributed by atoms with E-state index in [4.69, 9.17) is 0 Å². The van der Waals surface area contributed by atoms with Crippen LogP contribution in [0.5, 0.6) is 0 Å². The quantitative estimate of drug-likeness (QED) is 0.608. The molecule has 0 radical (unpaired) electrons. The van der Waals surface area contributed by atoms with Crippen molar-refractivity contribution in [3.05, 3.63) is 46.6 Å². The van der Waals surface area contributed by atoms with E-state index in [1.54, 1.807) is 12.1 Å². The highest BCUT2D eigenvalue weighted by Crippen LogP contribution is 2.32. The Morgan fingerprint density at radius 3 is 2.58 bits per heavy atom. The third kappa shape index (κ3) is 4.89. The number of benzene rings is 1. The van der Waals surface area contributed by atoms with Gasteiger partial charge in [0, 0.05) is 17.8 Å². The molecule has 0 unspecified atom stereocenters. The summed E-state index contributed by atoms with van der Waals surface area (Å²) in [6.07, 6.45) is 1.76. The number of methoxy groups -OCH3 is 1. The van der Waals surface area contributed by atoms with Gasteiger partial charge in [0.05, 0.1) is 12.0 Å². The fourth-order valence-corrected chi connectivity index (χ4v) is 3.36. The predicted molar refractivity (Wildman–Crippen MR) is 92.7 cm³/mol. The molecule has 0 atom stereocenters. The molecule has 0 aliphatic rings. The molecule has 1 aromatic carbocycles. The first-order valence-corrected chi connectivity index (χ1v) is 8.54. The minimum atomic E-state index is -0.280. The molecule has 1 N–H and O–H groups in total. The number of carbonyl (C=O) groups excluding carboxylic acids is 2. The van der Waals surface area contributed by atoms with E-state index in [2.05, 4.69) is 10.1 Å². The second kappa shape index (κ2) is 8.59. The number of esters is 1. The van der Waals surface area contributed by atoms with Gasteiger partial charge in [0.2, 0.25) is 0 Å². The van der Waals surface area contributed by atoms with Crippen molar-refractivity contribution in [2.24, 2.45) is 0 Å². The third-order valence-corrected chi connectivity index (χ3v) is 4.85. The highest BCUT2D eigenvalue weighted by Gasteiger charge is 2.13. The molecule has 0 bridgehead atoms. The summed E-state index contributed by atoms with van der Waals surface area (Å²) < 4.78 is 17.6. The molecular weight excluding hydrogens is 329 g/mol.